The normalized spacial score (nSPS) is 12.8. The Kier molecular flexibility index (Phi) is 3.70. The molecule has 1 aromatic carbocycles. The Balaban J connectivity index is 1.66. The van der Waals surface area contributed by atoms with Gasteiger partial charge in [0.15, 0.2) is 11.5 Å². The highest BCUT2D eigenvalue weighted by Gasteiger charge is 2.15. The highest BCUT2D eigenvalue weighted by molar-refractivity contribution is 9.11. The van der Waals surface area contributed by atoms with Crippen molar-refractivity contribution in [3.63, 3.8) is 0 Å². The first kappa shape index (κ1) is 13.1. The third kappa shape index (κ3) is 2.83. The molecule has 0 radical (unpaired) electrons. The number of carbonyl (C=O) groups is 1. The summed E-state index contributed by atoms with van der Waals surface area (Å²) in [6.07, 6.45) is 1.60. The van der Waals surface area contributed by atoms with Crippen molar-refractivity contribution in [2.45, 2.75) is 0 Å². The Morgan fingerprint density at radius 2 is 2.15 bits per heavy atom. The summed E-state index contributed by atoms with van der Waals surface area (Å²) < 4.78 is 11.4. The number of hydrazone groups is 1. The molecule has 0 bridgehead atoms. The summed E-state index contributed by atoms with van der Waals surface area (Å²) in [6, 6.07) is 8.84. The molecule has 0 fully saturated rings. The summed E-state index contributed by atoms with van der Waals surface area (Å²) in [5, 5.41) is 3.92. The number of nitrogens with zero attached hydrogens (tertiary/aromatic N) is 1. The lowest BCUT2D eigenvalue weighted by Crippen LogP contribution is -2.17. The zero-order valence-electron chi connectivity index (χ0n) is 10.1. The van der Waals surface area contributed by atoms with Crippen molar-refractivity contribution < 1.29 is 14.3 Å². The van der Waals surface area contributed by atoms with Crippen molar-refractivity contribution >= 4 is 39.4 Å². The van der Waals surface area contributed by atoms with E-state index < -0.39 is 0 Å². The summed E-state index contributed by atoms with van der Waals surface area (Å²) in [6.45, 7) is 0.186. The molecule has 0 saturated heterocycles. The number of hydrogen-bond donors (Lipinski definition) is 1. The topological polar surface area (TPSA) is 59.9 Å². The predicted octanol–water partition coefficient (Wildman–Crippen LogP) is 3.00. The van der Waals surface area contributed by atoms with Crippen LogP contribution in [0.25, 0.3) is 0 Å². The molecule has 0 unspecified atom stereocenters. The monoisotopic (exact) mass is 352 g/mol. The van der Waals surface area contributed by atoms with Gasteiger partial charge in [0.2, 0.25) is 6.79 Å². The van der Waals surface area contributed by atoms with Crippen LogP contribution < -0.4 is 14.9 Å². The molecule has 0 atom stereocenters. The number of carbonyl (C=O) groups excluding carboxylic acids is 1. The van der Waals surface area contributed by atoms with E-state index >= 15 is 0 Å². The van der Waals surface area contributed by atoms with Crippen molar-refractivity contribution in [3.8, 4) is 11.5 Å². The largest absolute Gasteiger partial charge is 0.454 e. The molecule has 1 aliphatic heterocycles. The summed E-state index contributed by atoms with van der Waals surface area (Å²) in [7, 11) is 0. The molecule has 2 heterocycles. The predicted molar refractivity (Wildman–Crippen MR) is 79.6 cm³/mol. The molecule has 2 aromatic rings. The van der Waals surface area contributed by atoms with Gasteiger partial charge in [-0.2, -0.15) is 5.10 Å². The molecule has 0 spiro atoms. The van der Waals surface area contributed by atoms with Crippen molar-refractivity contribution in [2.75, 3.05) is 6.79 Å². The smallest absolute Gasteiger partial charge is 0.271 e. The van der Waals surface area contributed by atoms with Gasteiger partial charge in [-0.3, -0.25) is 4.79 Å². The van der Waals surface area contributed by atoms with Crippen LogP contribution in [-0.2, 0) is 0 Å². The number of hydrogen-bond acceptors (Lipinski definition) is 5. The van der Waals surface area contributed by atoms with Crippen LogP contribution in [0.1, 0.15) is 15.2 Å². The number of halogens is 1. The van der Waals surface area contributed by atoms with Crippen LogP contribution in [0.4, 0.5) is 0 Å². The van der Waals surface area contributed by atoms with E-state index in [1.165, 1.54) is 11.3 Å². The number of ether oxygens (including phenoxy) is 2. The fraction of sp³-hybridized carbons (Fsp3) is 0.0769. The van der Waals surface area contributed by atoms with Gasteiger partial charge in [0, 0.05) is 10.4 Å². The molecular weight excluding hydrogens is 344 g/mol. The summed E-state index contributed by atoms with van der Waals surface area (Å²) in [4.78, 5) is 12.9. The number of nitrogens with one attached hydrogen (secondary N) is 1. The fourth-order valence-corrected chi connectivity index (χ4v) is 2.95. The Morgan fingerprint density at radius 1 is 1.30 bits per heavy atom. The molecule has 0 saturated carbocycles. The SMILES string of the molecule is O=C(N/N=C/c1ccc(Br)s1)c1ccc2c(c1)OCO2. The molecule has 7 heteroatoms. The molecule has 1 aliphatic rings. The first-order chi connectivity index (χ1) is 9.72. The number of amides is 1. The average Bonchev–Trinajstić information content (AvgIpc) is 3.06. The maximum Gasteiger partial charge on any atom is 0.271 e. The van der Waals surface area contributed by atoms with E-state index in [-0.39, 0.29) is 12.7 Å². The van der Waals surface area contributed by atoms with Crippen LogP contribution in [0.5, 0.6) is 11.5 Å². The molecule has 1 amide bonds. The molecule has 3 rings (SSSR count). The lowest BCUT2D eigenvalue weighted by atomic mass is 10.2. The average molecular weight is 353 g/mol. The zero-order valence-corrected chi connectivity index (χ0v) is 12.5. The van der Waals surface area contributed by atoms with Crippen LogP contribution in [0, 0.1) is 0 Å². The molecule has 1 aromatic heterocycles. The van der Waals surface area contributed by atoms with Crippen LogP contribution >= 0.6 is 27.3 Å². The van der Waals surface area contributed by atoms with Gasteiger partial charge in [0.25, 0.3) is 5.91 Å². The van der Waals surface area contributed by atoms with Gasteiger partial charge in [0.1, 0.15) is 0 Å². The maximum atomic E-state index is 11.9. The fourth-order valence-electron chi connectivity index (χ4n) is 1.65. The van der Waals surface area contributed by atoms with Gasteiger partial charge in [0.05, 0.1) is 10.0 Å². The van der Waals surface area contributed by atoms with E-state index in [4.69, 9.17) is 9.47 Å². The van der Waals surface area contributed by atoms with E-state index in [9.17, 15) is 4.79 Å². The number of thiophene rings is 1. The van der Waals surface area contributed by atoms with Crippen molar-refractivity contribution in [1.29, 1.82) is 0 Å². The van der Waals surface area contributed by atoms with E-state index in [0.717, 1.165) is 8.66 Å². The third-order valence-corrected chi connectivity index (χ3v) is 4.14. The lowest BCUT2D eigenvalue weighted by molar-refractivity contribution is 0.0954. The first-order valence-corrected chi connectivity index (χ1v) is 7.32. The van der Waals surface area contributed by atoms with Crippen LogP contribution in [0.15, 0.2) is 39.2 Å². The first-order valence-electron chi connectivity index (χ1n) is 5.71. The summed E-state index contributed by atoms with van der Waals surface area (Å²) in [5.41, 5.74) is 2.94. The van der Waals surface area contributed by atoms with Crippen molar-refractivity contribution in [1.82, 2.24) is 5.43 Å². The molecule has 1 N–H and O–H groups in total. The number of benzene rings is 1. The van der Waals surface area contributed by atoms with E-state index in [2.05, 4.69) is 26.5 Å². The van der Waals surface area contributed by atoms with Crippen LogP contribution in [-0.4, -0.2) is 18.9 Å². The molecule has 0 aliphatic carbocycles. The summed E-state index contributed by atoms with van der Waals surface area (Å²) >= 11 is 4.89. The second-order valence-corrected chi connectivity index (χ2v) is 6.40. The Morgan fingerprint density at radius 3 is 2.95 bits per heavy atom. The van der Waals surface area contributed by atoms with Crippen molar-refractivity contribution in [2.24, 2.45) is 5.10 Å². The van der Waals surface area contributed by atoms with Gasteiger partial charge in [-0.05, 0) is 46.3 Å². The molecular formula is C13H9BrN2O3S. The minimum absolute atomic E-state index is 0.186. The Hall–Kier alpha value is -1.86. The standard InChI is InChI=1S/C13H9BrN2O3S/c14-12-4-2-9(20-12)6-15-16-13(17)8-1-3-10-11(5-8)19-7-18-10/h1-6H,7H2,(H,16,17)/b15-6+. The van der Waals surface area contributed by atoms with E-state index in [1.807, 2.05) is 12.1 Å². The highest BCUT2D eigenvalue weighted by Crippen LogP contribution is 2.32. The number of rotatable bonds is 3. The second-order valence-electron chi connectivity index (χ2n) is 3.91. The van der Waals surface area contributed by atoms with Crippen molar-refractivity contribution in [3.05, 3.63) is 44.6 Å². The minimum Gasteiger partial charge on any atom is -0.454 e. The quantitative estimate of drug-likeness (QED) is 0.682. The minimum atomic E-state index is -0.296. The Labute approximate surface area is 127 Å². The van der Waals surface area contributed by atoms with Gasteiger partial charge in [-0.1, -0.05) is 0 Å². The lowest BCUT2D eigenvalue weighted by Gasteiger charge is -2.01. The van der Waals surface area contributed by atoms with Crippen LogP contribution in [0.3, 0.4) is 0 Å². The van der Waals surface area contributed by atoms with Crippen LogP contribution in [0.2, 0.25) is 0 Å². The van der Waals surface area contributed by atoms with Gasteiger partial charge in [-0.25, -0.2) is 5.43 Å². The summed E-state index contributed by atoms with van der Waals surface area (Å²) in [5.74, 6) is 0.924. The highest BCUT2D eigenvalue weighted by atomic mass is 79.9. The van der Waals surface area contributed by atoms with E-state index in [0.29, 0.717) is 17.1 Å². The number of fused-ring (bicyclic) bond motifs is 1. The van der Waals surface area contributed by atoms with Gasteiger partial charge >= 0.3 is 0 Å². The van der Waals surface area contributed by atoms with Gasteiger partial charge < -0.3 is 9.47 Å². The Bertz CT molecular complexity index is 684. The molecule has 20 heavy (non-hydrogen) atoms. The van der Waals surface area contributed by atoms with Gasteiger partial charge in [-0.15, -0.1) is 11.3 Å². The maximum absolute atomic E-state index is 11.9. The second kappa shape index (κ2) is 5.64. The third-order valence-electron chi connectivity index (χ3n) is 2.59. The zero-order chi connectivity index (χ0) is 13.9. The molecule has 102 valence electrons. The van der Waals surface area contributed by atoms with E-state index in [1.54, 1.807) is 24.4 Å². The molecule has 5 nitrogen and oxygen atoms in total.